The monoisotopic (exact) mass is 540 g/mol. The zero-order valence-electron chi connectivity index (χ0n) is 21.2. The number of primary amides is 1. The smallest absolute Gasteiger partial charge is 0.255 e. The number of phenolic OH excluding ortho intramolecular Hbond substituents is 1. The van der Waals surface area contributed by atoms with Crippen LogP contribution in [0.15, 0.2) is 34.5 Å². The molecule has 1 amide bonds. The predicted molar refractivity (Wildman–Crippen MR) is 140 cm³/mol. The second kappa shape index (κ2) is 8.65. The van der Waals surface area contributed by atoms with Gasteiger partial charge >= 0.3 is 0 Å². The number of carbonyl (C=O) groups excluding carboxylic acids is 3. The number of aromatic hydroxyl groups is 1. The minimum absolute atomic E-state index is 0.0353. The minimum atomic E-state index is -2.67. The highest BCUT2D eigenvalue weighted by Gasteiger charge is 2.64. The highest BCUT2D eigenvalue weighted by atomic mass is 32.1. The molecule has 0 bridgehead atoms. The van der Waals surface area contributed by atoms with Crippen molar-refractivity contribution in [2.75, 3.05) is 33.1 Å². The van der Waals surface area contributed by atoms with E-state index in [1.54, 1.807) is 31.7 Å². The van der Waals surface area contributed by atoms with Gasteiger partial charge in [-0.25, -0.2) is 4.98 Å². The van der Waals surface area contributed by atoms with Crippen LogP contribution < -0.4 is 10.6 Å². The van der Waals surface area contributed by atoms with Crippen LogP contribution in [0.1, 0.15) is 17.5 Å². The first-order valence-corrected chi connectivity index (χ1v) is 12.8. The maximum absolute atomic E-state index is 14.0. The van der Waals surface area contributed by atoms with Crippen LogP contribution in [0.3, 0.4) is 0 Å². The van der Waals surface area contributed by atoms with Gasteiger partial charge < -0.3 is 31.1 Å². The lowest BCUT2D eigenvalue weighted by Gasteiger charge is -2.50. The summed E-state index contributed by atoms with van der Waals surface area (Å²) in [6.07, 6.45) is 1.83. The normalized spacial score (nSPS) is 26.8. The van der Waals surface area contributed by atoms with Gasteiger partial charge in [0.15, 0.2) is 11.4 Å². The van der Waals surface area contributed by atoms with Gasteiger partial charge in [-0.05, 0) is 44.5 Å². The molecule has 12 heteroatoms. The molecule has 0 unspecified atom stereocenters. The molecule has 0 radical (unpaired) electrons. The number of nitrogens with zero attached hydrogens (tertiary/aromatic N) is 3. The number of hydrogen-bond acceptors (Lipinski definition) is 11. The minimum Gasteiger partial charge on any atom is -0.508 e. The summed E-state index contributed by atoms with van der Waals surface area (Å²) in [7, 11) is 6.76. The first-order chi connectivity index (χ1) is 17.8. The molecule has 0 saturated heterocycles. The number of benzene rings is 1. The van der Waals surface area contributed by atoms with Gasteiger partial charge in [-0.15, -0.1) is 11.3 Å². The number of amides is 1. The number of nitrogens with two attached hydrogens (primary N) is 1. The van der Waals surface area contributed by atoms with Gasteiger partial charge in [0.1, 0.15) is 27.8 Å². The maximum atomic E-state index is 14.0. The summed E-state index contributed by atoms with van der Waals surface area (Å²) in [6, 6.07) is 0.647. The summed E-state index contributed by atoms with van der Waals surface area (Å²) in [5.74, 6) is -6.75. The fourth-order valence-corrected chi connectivity index (χ4v) is 6.87. The van der Waals surface area contributed by atoms with Crippen LogP contribution in [0.4, 0.5) is 5.69 Å². The van der Waals surface area contributed by atoms with Gasteiger partial charge in [0.2, 0.25) is 5.78 Å². The Hall–Kier alpha value is -3.74. The molecule has 0 aliphatic heterocycles. The molecule has 0 spiro atoms. The number of likely N-dealkylation sites (N-methyl/N-ethyl adjacent to an activating group) is 1. The van der Waals surface area contributed by atoms with Gasteiger partial charge in [0.05, 0.1) is 17.2 Å². The van der Waals surface area contributed by atoms with Crippen molar-refractivity contribution in [1.82, 2.24) is 9.88 Å². The van der Waals surface area contributed by atoms with E-state index in [0.717, 1.165) is 0 Å². The fraction of sp³-hybridized carbons (Fsp3) is 0.385. The summed E-state index contributed by atoms with van der Waals surface area (Å²) in [5.41, 5.74) is 3.37. The van der Waals surface area contributed by atoms with Crippen molar-refractivity contribution in [3.05, 3.63) is 45.7 Å². The van der Waals surface area contributed by atoms with Crippen LogP contribution in [-0.2, 0) is 20.8 Å². The maximum Gasteiger partial charge on any atom is 0.255 e. The molecule has 1 aromatic heterocycles. The van der Waals surface area contributed by atoms with Crippen molar-refractivity contribution < 1.29 is 34.8 Å². The number of ketones is 2. The van der Waals surface area contributed by atoms with Crippen LogP contribution in [-0.4, -0.2) is 87.6 Å². The highest BCUT2D eigenvalue weighted by Crippen LogP contribution is 2.54. The molecule has 2 aromatic rings. The molecule has 3 aliphatic rings. The molecule has 11 nitrogen and oxygen atoms in total. The molecule has 200 valence electrons. The Kier molecular flexibility index (Phi) is 5.89. The number of aliphatic hydroxyl groups excluding tert-OH is 2. The van der Waals surface area contributed by atoms with E-state index in [2.05, 4.69) is 4.98 Å². The topological polar surface area (TPSA) is 178 Å². The lowest BCUT2D eigenvalue weighted by atomic mass is 9.57. The number of fused-ring (bicyclic) bond motifs is 3. The van der Waals surface area contributed by atoms with E-state index >= 15 is 0 Å². The number of aromatic nitrogens is 1. The van der Waals surface area contributed by atoms with E-state index in [0.29, 0.717) is 21.8 Å². The van der Waals surface area contributed by atoms with Crippen molar-refractivity contribution in [2.24, 2.45) is 17.6 Å². The molecular weight excluding hydrogens is 512 g/mol. The van der Waals surface area contributed by atoms with Crippen molar-refractivity contribution >= 4 is 40.3 Å². The third-order valence-corrected chi connectivity index (χ3v) is 8.65. The molecule has 1 aromatic carbocycles. The molecule has 5 rings (SSSR count). The van der Waals surface area contributed by atoms with E-state index < -0.39 is 58.0 Å². The third-order valence-electron chi connectivity index (χ3n) is 7.84. The molecule has 4 atom stereocenters. The Labute approximate surface area is 222 Å². The van der Waals surface area contributed by atoms with Gasteiger partial charge in [0.25, 0.3) is 5.91 Å². The molecule has 1 saturated carbocycles. The fourth-order valence-electron chi connectivity index (χ4n) is 6.21. The molecule has 38 heavy (non-hydrogen) atoms. The van der Waals surface area contributed by atoms with Crippen molar-refractivity contribution in [3.8, 4) is 16.3 Å². The first kappa shape index (κ1) is 25.9. The average molecular weight is 541 g/mol. The van der Waals surface area contributed by atoms with Crippen LogP contribution in [0.2, 0.25) is 0 Å². The van der Waals surface area contributed by atoms with Crippen LogP contribution in [0.5, 0.6) is 5.75 Å². The molecular formula is C26H28N4O7S. The van der Waals surface area contributed by atoms with Gasteiger partial charge in [0, 0.05) is 42.9 Å². The zero-order chi connectivity index (χ0) is 27.8. The van der Waals surface area contributed by atoms with Crippen LogP contribution in [0.25, 0.3) is 16.3 Å². The Morgan fingerprint density at radius 3 is 2.42 bits per heavy atom. The number of carbonyl (C=O) groups is 3. The summed E-state index contributed by atoms with van der Waals surface area (Å²) in [5, 5.41) is 47.7. The van der Waals surface area contributed by atoms with Gasteiger partial charge in [-0.3, -0.25) is 19.3 Å². The second-order valence-corrected chi connectivity index (χ2v) is 11.2. The standard InChI is InChI=1S/C26H28N4O7S/c1-29(2)14-9-12(25-28-5-6-38-25)19(31)16-11(14)7-10-8-13-18(30(3)4)21(33)17(24(27)36)23(35)26(13,37)22(34)15(10)20(16)32/h5-6,9-10,13,18,31-32,35,37H,7-8H2,1-4H3,(H2,27,36)/t10-,13-,18-,26-/m0/s1. The summed E-state index contributed by atoms with van der Waals surface area (Å²) in [6.45, 7) is 0. The highest BCUT2D eigenvalue weighted by molar-refractivity contribution is 7.13. The van der Waals surface area contributed by atoms with Crippen LogP contribution in [0, 0.1) is 11.8 Å². The second-order valence-electron chi connectivity index (χ2n) is 10.3. The largest absolute Gasteiger partial charge is 0.508 e. The number of rotatable bonds is 4. The van der Waals surface area contributed by atoms with Crippen molar-refractivity contribution in [2.45, 2.75) is 24.5 Å². The third kappa shape index (κ3) is 3.33. The molecule has 1 heterocycles. The molecule has 6 N–H and O–H groups in total. The number of thiazole rings is 1. The van der Waals surface area contributed by atoms with E-state index in [9.17, 15) is 34.8 Å². The first-order valence-electron chi connectivity index (χ1n) is 11.9. The van der Waals surface area contributed by atoms with Crippen LogP contribution >= 0.6 is 11.3 Å². The Morgan fingerprint density at radius 2 is 1.87 bits per heavy atom. The van der Waals surface area contributed by atoms with Crippen molar-refractivity contribution in [1.29, 1.82) is 0 Å². The lowest BCUT2D eigenvalue weighted by molar-refractivity contribution is -0.153. The molecule has 3 aliphatic carbocycles. The number of Topliss-reactive ketones (excluding diaryl/α,β-unsaturated/α-hetero) is 2. The Morgan fingerprint density at radius 1 is 1.18 bits per heavy atom. The number of anilines is 1. The lowest BCUT2D eigenvalue weighted by Crippen LogP contribution is -2.65. The Bertz CT molecular complexity index is 1460. The van der Waals surface area contributed by atoms with E-state index in [1.165, 1.54) is 16.2 Å². The Balaban J connectivity index is 1.78. The average Bonchev–Trinajstić information content (AvgIpc) is 3.35. The van der Waals surface area contributed by atoms with Gasteiger partial charge in [-0.1, -0.05) is 0 Å². The summed E-state index contributed by atoms with van der Waals surface area (Å²) >= 11 is 1.29. The quantitative estimate of drug-likeness (QED) is 0.354. The summed E-state index contributed by atoms with van der Waals surface area (Å²) < 4.78 is 0. The van der Waals surface area contributed by atoms with E-state index in [1.807, 2.05) is 19.0 Å². The summed E-state index contributed by atoms with van der Waals surface area (Å²) in [4.78, 5) is 46.9. The predicted octanol–water partition coefficient (Wildman–Crippen LogP) is 1.15. The molecule has 1 fully saturated rings. The number of hydrogen-bond donors (Lipinski definition) is 5. The number of aliphatic hydroxyl groups is 3. The SMILES string of the molecule is CN(C)c1cc(-c2nccs2)c(O)c2c1C[C@H]1C[C@H]3[C@H](N(C)C)C(=O)C(C(N)=O)=C(O)[C@@]3(O)C(=O)C1=C2O. The van der Waals surface area contributed by atoms with Gasteiger partial charge in [-0.2, -0.15) is 0 Å². The zero-order valence-corrected chi connectivity index (χ0v) is 22.0. The van der Waals surface area contributed by atoms with E-state index in [4.69, 9.17) is 5.73 Å². The van der Waals surface area contributed by atoms with Crippen molar-refractivity contribution in [3.63, 3.8) is 0 Å². The number of phenols is 1. The van der Waals surface area contributed by atoms with E-state index in [-0.39, 0.29) is 29.7 Å².